The van der Waals surface area contributed by atoms with Gasteiger partial charge in [-0.05, 0) is 19.3 Å². The summed E-state index contributed by atoms with van der Waals surface area (Å²) >= 11 is 0. The summed E-state index contributed by atoms with van der Waals surface area (Å²) in [6.45, 7) is 8.48. The minimum Gasteiger partial charge on any atom is -0.353 e. The molecule has 0 aliphatic rings. The van der Waals surface area contributed by atoms with Gasteiger partial charge >= 0.3 is 0 Å². The molecule has 0 rings (SSSR count). The van der Waals surface area contributed by atoms with Crippen LogP contribution in [0.5, 0.6) is 0 Å². The highest BCUT2D eigenvalue weighted by molar-refractivity contribution is 4.50. The highest BCUT2D eigenvalue weighted by Gasteiger charge is 2.06. The molecule has 0 aliphatic carbocycles. The van der Waals surface area contributed by atoms with Crippen LogP contribution in [0, 0.1) is 0 Å². The van der Waals surface area contributed by atoms with Crippen molar-refractivity contribution in [1.82, 2.24) is 0 Å². The maximum atomic E-state index is 5.93. The smallest absolute Gasteiger partial charge is 0.157 e. The van der Waals surface area contributed by atoms with E-state index in [9.17, 15) is 0 Å². The zero-order valence-corrected chi connectivity index (χ0v) is 20.7. The number of ether oxygens (including phenoxy) is 2. The molecular weight excluding hydrogens is 356 g/mol. The van der Waals surface area contributed by atoms with Crippen molar-refractivity contribution < 1.29 is 9.47 Å². The van der Waals surface area contributed by atoms with Crippen molar-refractivity contribution in [2.24, 2.45) is 0 Å². The first-order valence-electron chi connectivity index (χ1n) is 13.6. The summed E-state index contributed by atoms with van der Waals surface area (Å²) < 4.78 is 11.9. The summed E-state index contributed by atoms with van der Waals surface area (Å²) in [5.74, 6) is 0. The standard InChI is InChI=1S/C27H56O2/c1-4-7-9-11-13-15-17-19-21-23-25-28-27(6-3)29-26-24-22-20-18-16-14-12-10-8-5-2/h27H,4-26H2,1-3H3. The molecule has 0 bridgehead atoms. The van der Waals surface area contributed by atoms with E-state index in [1.54, 1.807) is 0 Å². The van der Waals surface area contributed by atoms with Crippen molar-refractivity contribution in [2.45, 2.75) is 162 Å². The third-order valence-corrected chi connectivity index (χ3v) is 5.94. The van der Waals surface area contributed by atoms with Gasteiger partial charge in [0, 0.05) is 13.2 Å². The Balaban J connectivity index is 3.27. The molecule has 0 N–H and O–H groups in total. The molecule has 2 heteroatoms. The summed E-state index contributed by atoms with van der Waals surface area (Å²) in [6, 6.07) is 0. The topological polar surface area (TPSA) is 18.5 Å². The average Bonchev–Trinajstić information content (AvgIpc) is 2.74. The van der Waals surface area contributed by atoms with Crippen LogP contribution >= 0.6 is 0 Å². The second-order valence-corrected chi connectivity index (χ2v) is 8.94. The zero-order valence-electron chi connectivity index (χ0n) is 20.7. The molecule has 2 nitrogen and oxygen atoms in total. The van der Waals surface area contributed by atoms with Crippen LogP contribution in [0.1, 0.15) is 156 Å². The first-order valence-corrected chi connectivity index (χ1v) is 13.6. The lowest BCUT2D eigenvalue weighted by molar-refractivity contribution is -0.144. The van der Waals surface area contributed by atoms with Crippen LogP contribution in [0.25, 0.3) is 0 Å². The lowest BCUT2D eigenvalue weighted by atomic mass is 10.1. The lowest BCUT2D eigenvalue weighted by Gasteiger charge is -2.17. The van der Waals surface area contributed by atoms with Crippen LogP contribution in [0.15, 0.2) is 0 Å². The molecule has 0 amide bonds. The van der Waals surface area contributed by atoms with Crippen molar-refractivity contribution in [3.63, 3.8) is 0 Å². The summed E-state index contributed by atoms with van der Waals surface area (Å²) in [5, 5.41) is 0. The van der Waals surface area contributed by atoms with Crippen molar-refractivity contribution in [2.75, 3.05) is 13.2 Å². The Kier molecular flexibility index (Phi) is 25.9. The number of hydrogen-bond acceptors (Lipinski definition) is 2. The summed E-state index contributed by atoms with van der Waals surface area (Å²) in [6.07, 6.45) is 28.5. The second-order valence-electron chi connectivity index (χ2n) is 8.94. The first-order chi connectivity index (χ1) is 14.3. The van der Waals surface area contributed by atoms with Crippen LogP contribution in [0.3, 0.4) is 0 Å². The van der Waals surface area contributed by atoms with Gasteiger partial charge in [0.05, 0.1) is 0 Å². The SMILES string of the molecule is CCCCCCCCCCCCOC(CC)OCCCCCCCCCCCC. The number of hydrogen-bond donors (Lipinski definition) is 0. The molecule has 0 aromatic heterocycles. The summed E-state index contributed by atoms with van der Waals surface area (Å²) in [4.78, 5) is 0. The number of rotatable bonds is 25. The molecule has 0 aromatic carbocycles. The third-order valence-electron chi connectivity index (χ3n) is 5.94. The Hall–Kier alpha value is -0.0800. The molecule has 0 aromatic rings. The maximum absolute atomic E-state index is 5.93. The van der Waals surface area contributed by atoms with E-state index in [4.69, 9.17) is 9.47 Å². The largest absolute Gasteiger partial charge is 0.353 e. The van der Waals surface area contributed by atoms with Gasteiger partial charge in [0.15, 0.2) is 6.29 Å². The van der Waals surface area contributed by atoms with E-state index in [0.29, 0.717) is 0 Å². The molecule has 0 unspecified atom stereocenters. The quantitative estimate of drug-likeness (QED) is 0.110. The fourth-order valence-electron chi connectivity index (χ4n) is 3.89. The van der Waals surface area contributed by atoms with E-state index >= 15 is 0 Å². The highest BCUT2D eigenvalue weighted by atomic mass is 16.7. The van der Waals surface area contributed by atoms with Crippen LogP contribution in [0.4, 0.5) is 0 Å². The molecular formula is C27H56O2. The van der Waals surface area contributed by atoms with Gasteiger partial charge in [-0.2, -0.15) is 0 Å². The van der Waals surface area contributed by atoms with E-state index in [1.807, 2.05) is 0 Å². The molecule has 0 heterocycles. The first kappa shape index (κ1) is 28.9. The molecule has 0 spiro atoms. The molecule has 0 fully saturated rings. The monoisotopic (exact) mass is 412 g/mol. The van der Waals surface area contributed by atoms with Crippen molar-refractivity contribution in [3.8, 4) is 0 Å². The van der Waals surface area contributed by atoms with Crippen LogP contribution in [0.2, 0.25) is 0 Å². The average molecular weight is 413 g/mol. The van der Waals surface area contributed by atoms with E-state index in [0.717, 1.165) is 19.6 Å². The van der Waals surface area contributed by atoms with Crippen molar-refractivity contribution in [1.29, 1.82) is 0 Å². The van der Waals surface area contributed by atoms with Crippen LogP contribution < -0.4 is 0 Å². The maximum Gasteiger partial charge on any atom is 0.157 e. The van der Waals surface area contributed by atoms with Crippen molar-refractivity contribution >= 4 is 0 Å². The van der Waals surface area contributed by atoms with Gasteiger partial charge < -0.3 is 9.47 Å². The predicted octanol–water partition coefficient (Wildman–Crippen LogP) is 9.60. The van der Waals surface area contributed by atoms with Crippen LogP contribution in [-0.4, -0.2) is 19.5 Å². The van der Waals surface area contributed by atoms with Gasteiger partial charge in [-0.3, -0.25) is 0 Å². The molecule has 176 valence electrons. The molecule has 0 saturated carbocycles. The highest BCUT2D eigenvalue weighted by Crippen LogP contribution is 2.13. The van der Waals surface area contributed by atoms with Gasteiger partial charge in [0.2, 0.25) is 0 Å². The Morgan fingerprint density at radius 3 is 0.931 bits per heavy atom. The molecule has 0 atom stereocenters. The van der Waals surface area contributed by atoms with E-state index in [2.05, 4.69) is 20.8 Å². The minimum atomic E-state index is 0.0205. The van der Waals surface area contributed by atoms with Crippen molar-refractivity contribution in [3.05, 3.63) is 0 Å². The Morgan fingerprint density at radius 1 is 0.379 bits per heavy atom. The normalized spacial score (nSPS) is 11.6. The molecule has 29 heavy (non-hydrogen) atoms. The zero-order chi connectivity index (χ0) is 21.3. The third kappa shape index (κ3) is 24.1. The van der Waals surface area contributed by atoms with Crippen LogP contribution in [-0.2, 0) is 9.47 Å². The lowest BCUT2D eigenvalue weighted by Crippen LogP contribution is -2.17. The second kappa shape index (κ2) is 26.0. The fourth-order valence-corrected chi connectivity index (χ4v) is 3.89. The van der Waals surface area contributed by atoms with Gasteiger partial charge in [-0.15, -0.1) is 0 Å². The van der Waals surface area contributed by atoms with Gasteiger partial charge in [0.1, 0.15) is 0 Å². The van der Waals surface area contributed by atoms with E-state index in [-0.39, 0.29) is 6.29 Å². The Bertz CT molecular complexity index is 254. The van der Waals surface area contributed by atoms with Gasteiger partial charge in [0.25, 0.3) is 0 Å². The minimum absolute atomic E-state index is 0.0205. The van der Waals surface area contributed by atoms with E-state index in [1.165, 1.54) is 128 Å². The Labute approximate surface area is 184 Å². The van der Waals surface area contributed by atoms with Gasteiger partial charge in [-0.1, -0.05) is 136 Å². The predicted molar refractivity (Wildman–Crippen MR) is 130 cm³/mol. The fraction of sp³-hybridized carbons (Fsp3) is 1.00. The Morgan fingerprint density at radius 2 is 0.655 bits per heavy atom. The molecule has 0 aliphatic heterocycles. The summed E-state index contributed by atoms with van der Waals surface area (Å²) in [5.41, 5.74) is 0. The molecule has 0 saturated heterocycles. The van der Waals surface area contributed by atoms with Gasteiger partial charge in [-0.25, -0.2) is 0 Å². The van der Waals surface area contributed by atoms with E-state index < -0.39 is 0 Å². The number of unbranched alkanes of at least 4 members (excludes halogenated alkanes) is 18. The summed E-state index contributed by atoms with van der Waals surface area (Å²) in [7, 11) is 0. The molecule has 0 radical (unpaired) electrons.